The number of nitrogens with one attached hydrogen (secondary N) is 2. The number of halogens is 2. The van der Waals surface area contributed by atoms with Gasteiger partial charge in [-0.25, -0.2) is 4.98 Å². The lowest BCUT2D eigenvalue weighted by Gasteiger charge is -2.51. The van der Waals surface area contributed by atoms with Gasteiger partial charge in [0.25, 0.3) is 11.5 Å². The Morgan fingerprint density at radius 2 is 1.60 bits per heavy atom. The van der Waals surface area contributed by atoms with Crippen LogP contribution < -0.4 is 21.5 Å². The molecule has 10 heteroatoms. The number of nitrogens with two attached hydrogens (primary N) is 1. The van der Waals surface area contributed by atoms with Crippen molar-refractivity contribution in [1.82, 2.24) is 9.97 Å². The number of nitrogens with zero attached hydrogens (tertiary/aromatic N) is 3. The molecule has 48 heavy (non-hydrogen) atoms. The molecule has 0 saturated heterocycles. The molecule has 0 aliphatic carbocycles. The molecule has 4 aromatic carbocycles. The number of aromatic amines is 1. The summed E-state index contributed by atoms with van der Waals surface area (Å²) in [5.41, 5.74) is 11.2. The van der Waals surface area contributed by atoms with Crippen molar-refractivity contribution >= 4 is 52.4 Å². The van der Waals surface area contributed by atoms with Crippen LogP contribution in [0.3, 0.4) is 0 Å². The van der Waals surface area contributed by atoms with Crippen LogP contribution in [0.5, 0.6) is 0 Å². The minimum Gasteiger partial charge on any atom is -0.369 e. The van der Waals surface area contributed by atoms with E-state index in [1.54, 1.807) is 19.1 Å². The summed E-state index contributed by atoms with van der Waals surface area (Å²) in [6, 6.07) is 30.3. The first-order valence-electron chi connectivity index (χ1n) is 15.6. The first-order chi connectivity index (χ1) is 22.8. The maximum atomic E-state index is 14.0. The Hall–Kier alpha value is -4.92. The average molecular weight is 680 g/mol. The standard InChI is InChI=1S/C38H36Cl2N6O2/c1-23-30(20-24-10-14-27(39)15-11-24)33(47)44-36(42-23)45-35(41)43-29-18-19-32-31(21-29)38(4,26-12-16-28(40)17-13-26)22-37(2,3)46(32)34(48)25-8-6-5-7-9-25/h5-19,21H,20,22H2,1-4H3,(H4,41,42,43,44,45,47). The quantitative estimate of drug-likeness (QED) is 0.124. The van der Waals surface area contributed by atoms with Crippen LogP contribution in [0.4, 0.5) is 17.3 Å². The molecule has 0 saturated carbocycles. The molecule has 1 aliphatic rings. The van der Waals surface area contributed by atoms with E-state index in [0.717, 1.165) is 22.4 Å². The molecule has 8 nitrogen and oxygen atoms in total. The molecular formula is C38H36Cl2N6O2. The SMILES string of the molecule is Cc1nc(/N=C(\N)Nc2ccc3c(c2)C(C)(c2ccc(Cl)cc2)CC(C)(C)N3C(=O)c2ccccc2)[nH]c(=O)c1Cc1ccc(Cl)cc1. The van der Waals surface area contributed by atoms with Gasteiger partial charge < -0.3 is 16.0 Å². The number of aryl methyl sites for hydroxylation is 1. The van der Waals surface area contributed by atoms with Crippen molar-refractivity contribution < 1.29 is 4.79 Å². The Balaban J connectivity index is 1.35. The number of aliphatic imine (C=N–C) groups is 1. The molecule has 6 rings (SSSR count). The van der Waals surface area contributed by atoms with Crippen molar-refractivity contribution in [2.75, 3.05) is 10.2 Å². The summed E-state index contributed by atoms with van der Waals surface area (Å²) < 4.78 is 0. The zero-order valence-corrected chi connectivity index (χ0v) is 28.7. The molecule has 1 aromatic heterocycles. The Kier molecular flexibility index (Phi) is 8.90. The van der Waals surface area contributed by atoms with E-state index in [-0.39, 0.29) is 23.4 Å². The van der Waals surface area contributed by atoms with Crippen LogP contribution in [0.15, 0.2) is 107 Å². The van der Waals surface area contributed by atoms with Crippen molar-refractivity contribution in [3.63, 3.8) is 0 Å². The van der Waals surface area contributed by atoms with Crippen molar-refractivity contribution in [3.8, 4) is 0 Å². The number of guanidine groups is 1. The number of anilines is 2. The summed E-state index contributed by atoms with van der Waals surface area (Å²) in [6.45, 7) is 8.15. The van der Waals surface area contributed by atoms with Crippen molar-refractivity contribution in [2.24, 2.45) is 10.7 Å². The van der Waals surface area contributed by atoms with E-state index in [0.29, 0.717) is 45.4 Å². The third-order valence-electron chi connectivity index (χ3n) is 8.93. The number of carbonyl (C=O) groups excluding carboxylic acids is 1. The second-order valence-electron chi connectivity index (χ2n) is 12.9. The fourth-order valence-corrected chi connectivity index (χ4v) is 6.99. The number of aromatic nitrogens is 2. The van der Waals surface area contributed by atoms with Gasteiger partial charge >= 0.3 is 0 Å². The highest BCUT2D eigenvalue weighted by molar-refractivity contribution is 6.30. The molecular weight excluding hydrogens is 643 g/mol. The molecule has 1 aliphatic heterocycles. The van der Waals surface area contributed by atoms with Gasteiger partial charge in [-0.2, -0.15) is 4.99 Å². The van der Waals surface area contributed by atoms with Crippen LogP contribution in [-0.4, -0.2) is 27.4 Å². The fraction of sp³-hybridized carbons (Fsp3) is 0.211. The highest BCUT2D eigenvalue weighted by Gasteiger charge is 2.48. The lowest BCUT2D eigenvalue weighted by atomic mass is 9.65. The summed E-state index contributed by atoms with van der Waals surface area (Å²) >= 11 is 12.3. The molecule has 0 radical (unpaired) electrons. The van der Waals surface area contributed by atoms with E-state index < -0.39 is 11.0 Å². The summed E-state index contributed by atoms with van der Waals surface area (Å²) in [7, 11) is 0. The molecule has 0 spiro atoms. The third-order valence-corrected chi connectivity index (χ3v) is 9.44. The highest BCUT2D eigenvalue weighted by Crippen LogP contribution is 2.51. The fourth-order valence-electron chi connectivity index (χ4n) is 6.74. The molecule has 244 valence electrons. The van der Waals surface area contributed by atoms with E-state index in [9.17, 15) is 9.59 Å². The van der Waals surface area contributed by atoms with E-state index in [2.05, 4.69) is 41.0 Å². The summed E-state index contributed by atoms with van der Waals surface area (Å²) in [5.74, 6) is 0.0592. The predicted molar refractivity (Wildman–Crippen MR) is 195 cm³/mol. The normalized spacial score (nSPS) is 17.1. The van der Waals surface area contributed by atoms with Gasteiger partial charge in [-0.05, 0) is 98.5 Å². The van der Waals surface area contributed by atoms with Crippen LogP contribution in [0.1, 0.15) is 65.5 Å². The van der Waals surface area contributed by atoms with E-state index in [1.165, 1.54) is 0 Å². The van der Waals surface area contributed by atoms with Gasteiger partial charge in [0.2, 0.25) is 11.9 Å². The molecule has 5 aromatic rings. The van der Waals surface area contributed by atoms with Crippen LogP contribution >= 0.6 is 23.2 Å². The van der Waals surface area contributed by atoms with Gasteiger partial charge in [-0.15, -0.1) is 0 Å². The maximum absolute atomic E-state index is 14.0. The smallest absolute Gasteiger partial charge is 0.258 e. The van der Waals surface area contributed by atoms with Crippen molar-refractivity contribution in [2.45, 2.75) is 51.5 Å². The lowest BCUT2D eigenvalue weighted by Crippen LogP contribution is -2.55. The summed E-state index contributed by atoms with van der Waals surface area (Å²) in [6.07, 6.45) is 1.05. The Labute approximate surface area is 289 Å². The van der Waals surface area contributed by atoms with Gasteiger partial charge in [0.1, 0.15) is 0 Å². The minimum absolute atomic E-state index is 0.0458. The first kappa shape index (κ1) is 33.0. The summed E-state index contributed by atoms with van der Waals surface area (Å²) in [5, 5.41) is 4.44. The number of benzene rings is 4. The number of hydrogen-bond acceptors (Lipinski definition) is 4. The molecule has 1 unspecified atom stereocenters. The van der Waals surface area contributed by atoms with Crippen LogP contribution in [0.2, 0.25) is 10.0 Å². The Morgan fingerprint density at radius 3 is 2.25 bits per heavy atom. The molecule has 4 N–H and O–H groups in total. The monoisotopic (exact) mass is 678 g/mol. The van der Waals surface area contributed by atoms with Gasteiger partial charge in [-0.1, -0.05) is 72.6 Å². The van der Waals surface area contributed by atoms with Gasteiger partial charge in [-0.3, -0.25) is 14.6 Å². The second-order valence-corrected chi connectivity index (χ2v) is 13.8. The van der Waals surface area contributed by atoms with Crippen molar-refractivity contribution in [3.05, 3.63) is 151 Å². The van der Waals surface area contributed by atoms with E-state index >= 15 is 0 Å². The molecule has 1 amide bonds. The largest absolute Gasteiger partial charge is 0.369 e. The average Bonchev–Trinajstić information content (AvgIpc) is 3.04. The Bertz CT molecular complexity index is 2080. The second kappa shape index (κ2) is 12.9. The number of carbonyl (C=O) groups is 1. The van der Waals surface area contributed by atoms with E-state index in [1.807, 2.05) is 89.8 Å². The number of hydrogen-bond donors (Lipinski definition) is 3. The topological polar surface area (TPSA) is 116 Å². The first-order valence-corrected chi connectivity index (χ1v) is 16.4. The molecule has 0 bridgehead atoms. The number of rotatable bonds is 6. The minimum atomic E-state index is -0.529. The molecule has 2 heterocycles. The molecule has 1 atom stereocenters. The zero-order chi connectivity index (χ0) is 34.2. The van der Waals surface area contributed by atoms with Crippen LogP contribution in [0.25, 0.3) is 0 Å². The highest BCUT2D eigenvalue weighted by atomic mass is 35.5. The van der Waals surface area contributed by atoms with E-state index in [4.69, 9.17) is 28.9 Å². The van der Waals surface area contributed by atoms with Crippen molar-refractivity contribution in [1.29, 1.82) is 0 Å². The predicted octanol–water partition coefficient (Wildman–Crippen LogP) is 8.17. The van der Waals surface area contributed by atoms with Crippen LogP contribution in [0, 0.1) is 6.92 Å². The third kappa shape index (κ3) is 6.59. The zero-order valence-electron chi connectivity index (χ0n) is 27.1. The maximum Gasteiger partial charge on any atom is 0.258 e. The van der Waals surface area contributed by atoms with Gasteiger partial charge in [0.15, 0.2) is 0 Å². The summed E-state index contributed by atoms with van der Waals surface area (Å²) in [4.78, 5) is 40.6. The molecule has 0 fully saturated rings. The number of H-pyrrole nitrogens is 1. The van der Waals surface area contributed by atoms with Gasteiger partial charge in [0, 0.05) is 49.9 Å². The number of fused-ring (bicyclic) bond motifs is 1. The van der Waals surface area contributed by atoms with Crippen LogP contribution in [-0.2, 0) is 11.8 Å². The lowest BCUT2D eigenvalue weighted by molar-refractivity contribution is 0.0948. The van der Waals surface area contributed by atoms with Gasteiger partial charge in [0.05, 0.1) is 5.69 Å². The number of amides is 1. The Morgan fingerprint density at radius 1 is 0.958 bits per heavy atom.